The molecule has 0 unspecified atom stereocenters. The van der Waals surface area contributed by atoms with Gasteiger partial charge < -0.3 is 19.6 Å². The molecule has 0 radical (unpaired) electrons. The minimum absolute atomic E-state index is 0.0889. The van der Waals surface area contributed by atoms with Crippen LogP contribution in [0.25, 0.3) is 16.6 Å². The highest BCUT2D eigenvalue weighted by Gasteiger charge is 2.17. The second-order valence-corrected chi connectivity index (χ2v) is 5.31. The molecule has 7 nitrogen and oxygen atoms in total. The van der Waals surface area contributed by atoms with Crippen molar-refractivity contribution in [3.05, 3.63) is 65.7 Å². The zero-order chi connectivity index (χ0) is 18.5. The number of aliphatic hydroxyl groups excluding tert-OH is 1. The molecule has 0 atom stereocenters. The topological polar surface area (TPSA) is 108 Å². The van der Waals surface area contributed by atoms with E-state index < -0.39 is 18.3 Å². The van der Waals surface area contributed by atoms with Crippen LogP contribution in [0.1, 0.15) is 16.2 Å². The van der Waals surface area contributed by atoms with Gasteiger partial charge in [0.25, 0.3) is 0 Å². The van der Waals surface area contributed by atoms with Crippen molar-refractivity contribution < 1.29 is 19.4 Å². The van der Waals surface area contributed by atoms with E-state index in [1.54, 1.807) is 36.4 Å². The van der Waals surface area contributed by atoms with Crippen LogP contribution in [0.2, 0.25) is 0 Å². The number of aromatic amines is 1. The number of hydrogen-bond acceptors (Lipinski definition) is 6. The third kappa shape index (κ3) is 3.35. The molecule has 1 heterocycles. The Kier molecular flexibility index (Phi) is 4.85. The molecule has 0 saturated carbocycles. The molecular formula is C19H15N3O4. The number of benzene rings is 2. The summed E-state index contributed by atoms with van der Waals surface area (Å²) in [7, 11) is 1.44. The lowest BCUT2D eigenvalue weighted by molar-refractivity contribution is 0.0499. The SMILES string of the molecule is COc1ccccc1C(=O)OC/C(O)=C(\C#N)c1nc2ccccc2[nH]1. The third-order valence-corrected chi connectivity index (χ3v) is 3.69. The number of carbonyl (C=O) groups is 1. The average Bonchev–Trinajstić information content (AvgIpc) is 3.10. The van der Waals surface area contributed by atoms with Gasteiger partial charge in [-0.15, -0.1) is 0 Å². The van der Waals surface area contributed by atoms with E-state index >= 15 is 0 Å². The number of aliphatic hydroxyl groups is 1. The molecule has 7 heteroatoms. The zero-order valence-electron chi connectivity index (χ0n) is 13.9. The first-order valence-electron chi connectivity index (χ1n) is 7.71. The van der Waals surface area contributed by atoms with Gasteiger partial charge in [-0.25, -0.2) is 9.78 Å². The Balaban J connectivity index is 1.81. The van der Waals surface area contributed by atoms with E-state index in [0.29, 0.717) is 11.3 Å². The van der Waals surface area contributed by atoms with Crippen LogP contribution in [-0.4, -0.2) is 34.8 Å². The van der Waals surface area contributed by atoms with Gasteiger partial charge in [0, 0.05) is 0 Å². The summed E-state index contributed by atoms with van der Waals surface area (Å²) in [6, 6.07) is 15.7. The molecule has 2 N–H and O–H groups in total. The van der Waals surface area contributed by atoms with E-state index in [1.807, 2.05) is 18.2 Å². The van der Waals surface area contributed by atoms with Crippen molar-refractivity contribution in [3.8, 4) is 11.8 Å². The van der Waals surface area contributed by atoms with Crippen molar-refractivity contribution in [1.29, 1.82) is 5.26 Å². The van der Waals surface area contributed by atoms with Gasteiger partial charge in [0.2, 0.25) is 0 Å². The van der Waals surface area contributed by atoms with E-state index in [9.17, 15) is 15.2 Å². The number of rotatable bonds is 5. The summed E-state index contributed by atoms with van der Waals surface area (Å²) in [5.74, 6) is -0.496. The molecule has 0 aliphatic heterocycles. The molecule has 3 aromatic rings. The molecule has 0 aliphatic carbocycles. The highest BCUT2D eigenvalue weighted by Crippen LogP contribution is 2.21. The predicted molar refractivity (Wildman–Crippen MR) is 94.5 cm³/mol. The van der Waals surface area contributed by atoms with Crippen LogP contribution in [-0.2, 0) is 4.74 Å². The molecule has 1 aromatic heterocycles. The number of nitrogens with one attached hydrogen (secondary N) is 1. The van der Waals surface area contributed by atoms with E-state index in [2.05, 4.69) is 9.97 Å². The fourth-order valence-electron chi connectivity index (χ4n) is 2.42. The summed E-state index contributed by atoms with van der Waals surface area (Å²) in [4.78, 5) is 19.4. The van der Waals surface area contributed by atoms with Crippen LogP contribution in [0.5, 0.6) is 5.75 Å². The van der Waals surface area contributed by atoms with E-state index in [4.69, 9.17) is 9.47 Å². The summed E-state index contributed by atoms with van der Waals surface area (Å²) < 4.78 is 10.2. The van der Waals surface area contributed by atoms with Crippen molar-refractivity contribution in [1.82, 2.24) is 9.97 Å². The van der Waals surface area contributed by atoms with Gasteiger partial charge >= 0.3 is 5.97 Å². The second-order valence-electron chi connectivity index (χ2n) is 5.31. The van der Waals surface area contributed by atoms with Gasteiger partial charge in [-0.2, -0.15) is 5.26 Å². The molecule has 0 spiro atoms. The summed E-state index contributed by atoms with van der Waals surface area (Å²) in [5, 5.41) is 19.5. The smallest absolute Gasteiger partial charge is 0.342 e. The number of H-pyrrole nitrogens is 1. The Bertz CT molecular complexity index is 997. The van der Waals surface area contributed by atoms with E-state index in [0.717, 1.165) is 5.52 Å². The monoisotopic (exact) mass is 349 g/mol. The number of hydrogen-bond donors (Lipinski definition) is 2. The number of fused-ring (bicyclic) bond motifs is 1. The van der Waals surface area contributed by atoms with Crippen molar-refractivity contribution in [2.24, 2.45) is 0 Å². The lowest BCUT2D eigenvalue weighted by Gasteiger charge is -2.08. The number of ether oxygens (including phenoxy) is 2. The summed E-state index contributed by atoms with van der Waals surface area (Å²) >= 11 is 0. The number of imidazole rings is 1. The third-order valence-electron chi connectivity index (χ3n) is 3.69. The highest BCUT2D eigenvalue weighted by molar-refractivity contribution is 5.92. The molecule has 0 aliphatic rings. The first-order valence-corrected chi connectivity index (χ1v) is 7.71. The van der Waals surface area contributed by atoms with Crippen LogP contribution in [0.3, 0.4) is 0 Å². The Morgan fingerprint density at radius 2 is 1.96 bits per heavy atom. The maximum atomic E-state index is 12.2. The van der Waals surface area contributed by atoms with Gasteiger partial charge in [0.15, 0.2) is 11.6 Å². The van der Waals surface area contributed by atoms with Crippen molar-refractivity contribution in [3.63, 3.8) is 0 Å². The molecule has 3 rings (SSSR count). The fourth-order valence-corrected chi connectivity index (χ4v) is 2.42. The van der Waals surface area contributed by atoms with Gasteiger partial charge in [-0.05, 0) is 24.3 Å². The van der Waals surface area contributed by atoms with Crippen molar-refractivity contribution >= 4 is 22.6 Å². The second kappa shape index (κ2) is 7.40. The zero-order valence-corrected chi connectivity index (χ0v) is 13.9. The van der Waals surface area contributed by atoms with Gasteiger partial charge in [-0.1, -0.05) is 24.3 Å². The normalized spacial score (nSPS) is 11.5. The Hall–Kier alpha value is -3.79. The number of carbonyl (C=O) groups excluding carboxylic acids is 1. The van der Waals surface area contributed by atoms with E-state index in [1.165, 1.54) is 7.11 Å². The van der Waals surface area contributed by atoms with E-state index in [-0.39, 0.29) is 17.0 Å². The standard InChI is InChI=1S/C19H15N3O4/c1-25-17-9-5-2-6-12(17)19(24)26-11-16(23)13(10-20)18-21-14-7-3-4-8-15(14)22-18/h2-9,23H,11H2,1H3,(H,21,22)/b16-13-. The number of allylic oxidation sites excluding steroid dienone is 1. The Labute approximate surface area is 149 Å². The van der Waals surface area contributed by atoms with Crippen LogP contribution in [0, 0.1) is 11.3 Å². The number of nitriles is 1. The molecular weight excluding hydrogens is 334 g/mol. The summed E-state index contributed by atoms with van der Waals surface area (Å²) in [6.07, 6.45) is 0. The predicted octanol–water partition coefficient (Wildman–Crippen LogP) is 3.22. The van der Waals surface area contributed by atoms with Crippen LogP contribution < -0.4 is 4.74 Å². The largest absolute Gasteiger partial charge is 0.507 e. The molecule has 130 valence electrons. The first kappa shape index (κ1) is 17.0. The minimum Gasteiger partial charge on any atom is -0.507 e. The molecule has 0 bridgehead atoms. The lowest BCUT2D eigenvalue weighted by Crippen LogP contribution is -2.10. The number of esters is 1. The maximum Gasteiger partial charge on any atom is 0.342 e. The van der Waals surface area contributed by atoms with Crippen LogP contribution >= 0.6 is 0 Å². The molecule has 26 heavy (non-hydrogen) atoms. The molecule has 0 fully saturated rings. The molecule has 0 amide bonds. The summed E-state index contributed by atoms with van der Waals surface area (Å²) in [6.45, 7) is -0.461. The Morgan fingerprint density at radius 1 is 1.23 bits per heavy atom. The van der Waals surface area contributed by atoms with Gasteiger partial charge in [0.1, 0.15) is 29.6 Å². The molecule has 0 saturated heterocycles. The first-order chi connectivity index (χ1) is 12.6. The average molecular weight is 349 g/mol. The quantitative estimate of drug-likeness (QED) is 0.416. The maximum absolute atomic E-state index is 12.2. The minimum atomic E-state index is -0.670. The van der Waals surface area contributed by atoms with Crippen LogP contribution in [0.15, 0.2) is 54.3 Å². The molecule has 2 aromatic carbocycles. The van der Waals surface area contributed by atoms with Crippen LogP contribution in [0.4, 0.5) is 0 Å². The number of para-hydroxylation sites is 3. The van der Waals surface area contributed by atoms with Gasteiger partial charge in [0.05, 0.1) is 18.1 Å². The number of aromatic nitrogens is 2. The van der Waals surface area contributed by atoms with Crippen molar-refractivity contribution in [2.75, 3.05) is 13.7 Å². The van der Waals surface area contributed by atoms with Gasteiger partial charge in [-0.3, -0.25) is 0 Å². The lowest BCUT2D eigenvalue weighted by atomic mass is 10.2. The fraction of sp³-hybridized carbons (Fsp3) is 0.105. The Morgan fingerprint density at radius 3 is 2.69 bits per heavy atom. The van der Waals surface area contributed by atoms with Crippen molar-refractivity contribution in [2.45, 2.75) is 0 Å². The number of nitrogens with zero attached hydrogens (tertiary/aromatic N) is 2. The highest BCUT2D eigenvalue weighted by atomic mass is 16.5. The summed E-state index contributed by atoms with van der Waals surface area (Å²) in [5.41, 5.74) is 1.53. The number of methoxy groups -OCH3 is 1.